The Balaban J connectivity index is 1.37. The molecule has 0 unspecified atom stereocenters. The number of anilines is 1. The number of nitrogens with zero attached hydrogens (tertiary/aromatic N) is 3. The summed E-state index contributed by atoms with van der Waals surface area (Å²) in [4.78, 5) is 21.4. The Morgan fingerprint density at radius 2 is 1.90 bits per heavy atom. The van der Waals surface area contributed by atoms with Gasteiger partial charge in [-0.05, 0) is 43.2 Å². The van der Waals surface area contributed by atoms with E-state index < -0.39 is 0 Å². The van der Waals surface area contributed by atoms with Crippen LogP contribution in [0.4, 0.5) is 5.13 Å². The largest absolute Gasteiger partial charge is 0.466 e. The smallest absolute Gasteiger partial charge is 0.310 e. The van der Waals surface area contributed by atoms with E-state index in [1.807, 2.05) is 25.1 Å². The number of aromatic nitrogens is 1. The van der Waals surface area contributed by atoms with Gasteiger partial charge in [0.2, 0.25) is 0 Å². The predicted octanol–water partition coefficient (Wildman–Crippen LogP) is 4.69. The lowest BCUT2D eigenvalue weighted by molar-refractivity contribution is -0.142. The maximum Gasteiger partial charge on any atom is 0.310 e. The molecule has 2 aromatic carbocycles. The van der Waals surface area contributed by atoms with Gasteiger partial charge in [-0.2, -0.15) is 0 Å². The molecule has 4 rings (SSSR count). The third-order valence-electron chi connectivity index (χ3n) is 5.24. The number of fused-ring (bicyclic) bond motifs is 1. The molecule has 0 aliphatic carbocycles. The van der Waals surface area contributed by atoms with Gasteiger partial charge in [-0.1, -0.05) is 46.7 Å². The van der Waals surface area contributed by atoms with Gasteiger partial charge in [0.15, 0.2) is 5.13 Å². The highest BCUT2D eigenvalue weighted by Gasteiger charge is 2.20. The number of esters is 1. The molecule has 0 N–H and O–H groups in total. The molecule has 3 aromatic rings. The van der Waals surface area contributed by atoms with Crippen molar-refractivity contribution in [1.29, 1.82) is 0 Å². The Hall–Kier alpha value is -2.15. The third-order valence-corrected chi connectivity index (χ3v) is 6.55. The average Bonchev–Trinajstić information content (AvgIpc) is 3.11. The Labute approximate surface area is 186 Å². The van der Waals surface area contributed by atoms with E-state index >= 15 is 0 Å². The Morgan fingerprint density at radius 1 is 1.13 bits per heavy atom. The predicted molar refractivity (Wildman–Crippen MR) is 124 cm³/mol. The summed E-state index contributed by atoms with van der Waals surface area (Å²) in [6.07, 6.45) is 0.331. The van der Waals surface area contributed by atoms with Crippen molar-refractivity contribution in [2.45, 2.75) is 26.8 Å². The fourth-order valence-electron chi connectivity index (χ4n) is 3.90. The van der Waals surface area contributed by atoms with Crippen LogP contribution in [0.2, 0.25) is 5.02 Å². The van der Waals surface area contributed by atoms with Crippen molar-refractivity contribution in [3.8, 4) is 0 Å². The van der Waals surface area contributed by atoms with Crippen molar-refractivity contribution in [3.63, 3.8) is 0 Å². The normalized spacial score (nSPS) is 15.0. The molecule has 0 atom stereocenters. The lowest BCUT2D eigenvalue weighted by Gasteiger charge is -2.34. The van der Waals surface area contributed by atoms with Gasteiger partial charge >= 0.3 is 5.97 Å². The SMILES string of the molecule is CCOC(=O)Cc1cc(C)cc(CN2CCN(c3nc4ccc(Cl)cc4s3)CC2)c1. The van der Waals surface area contributed by atoms with Gasteiger partial charge in [0.1, 0.15) is 0 Å². The van der Waals surface area contributed by atoms with Crippen LogP contribution in [0.25, 0.3) is 10.2 Å². The summed E-state index contributed by atoms with van der Waals surface area (Å²) < 4.78 is 6.22. The van der Waals surface area contributed by atoms with Crippen LogP contribution in [0.1, 0.15) is 23.6 Å². The number of halogens is 1. The second kappa shape index (κ2) is 9.33. The summed E-state index contributed by atoms with van der Waals surface area (Å²) in [5.74, 6) is -0.167. The lowest BCUT2D eigenvalue weighted by Crippen LogP contribution is -2.45. The van der Waals surface area contributed by atoms with Crippen molar-refractivity contribution in [1.82, 2.24) is 9.88 Å². The van der Waals surface area contributed by atoms with E-state index in [-0.39, 0.29) is 5.97 Å². The van der Waals surface area contributed by atoms with Crippen molar-refractivity contribution >= 4 is 44.3 Å². The zero-order chi connectivity index (χ0) is 21.1. The number of thiazole rings is 1. The van der Waals surface area contributed by atoms with Gasteiger partial charge in [-0.3, -0.25) is 9.69 Å². The molecule has 0 amide bonds. The molecule has 5 nitrogen and oxygen atoms in total. The number of hydrogen-bond acceptors (Lipinski definition) is 6. The monoisotopic (exact) mass is 443 g/mol. The van der Waals surface area contributed by atoms with Crippen LogP contribution in [0.15, 0.2) is 36.4 Å². The van der Waals surface area contributed by atoms with Crippen LogP contribution in [0.5, 0.6) is 0 Å². The van der Waals surface area contributed by atoms with Gasteiger partial charge in [-0.25, -0.2) is 4.98 Å². The van der Waals surface area contributed by atoms with Gasteiger partial charge < -0.3 is 9.64 Å². The van der Waals surface area contributed by atoms with Crippen molar-refractivity contribution in [2.24, 2.45) is 0 Å². The highest BCUT2D eigenvalue weighted by molar-refractivity contribution is 7.22. The summed E-state index contributed by atoms with van der Waals surface area (Å²) in [5.41, 5.74) is 4.46. The number of benzene rings is 2. The van der Waals surface area contributed by atoms with E-state index in [4.69, 9.17) is 21.3 Å². The Morgan fingerprint density at radius 3 is 2.67 bits per heavy atom. The van der Waals surface area contributed by atoms with Crippen molar-refractivity contribution < 1.29 is 9.53 Å². The van der Waals surface area contributed by atoms with E-state index in [1.165, 1.54) is 11.1 Å². The van der Waals surface area contributed by atoms with E-state index in [0.717, 1.165) is 58.7 Å². The zero-order valence-electron chi connectivity index (χ0n) is 17.4. The van der Waals surface area contributed by atoms with Crippen LogP contribution < -0.4 is 4.90 Å². The first-order valence-corrected chi connectivity index (χ1v) is 11.5. The summed E-state index contributed by atoms with van der Waals surface area (Å²) in [5, 5.41) is 1.82. The molecule has 0 spiro atoms. The number of carbonyl (C=O) groups excluding carboxylic acids is 1. The topological polar surface area (TPSA) is 45.7 Å². The summed E-state index contributed by atoms with van der Waals surface area (Å²) in [7, 11) is 0. The number of carbonyl (C=O) groups is 1. The van der Waals surface area contributed by atoms with Gasteiger partial charge in [0.25, 0.3) is 0 Å². The zero-order valence-corrected chi connectivity index (χ0v) is 18.9. The van der Waals surface area contributed by atoms with Crippen LogP contribution in [-0.4, -0.2) is 48.6 Å². The molecule has 7 heteroatoms. The Kier molecular flexibility index (Phi) is 6.56. The second-order valence-corrected chi connectivity index (χ2v) is 9.13. The highest BCUT2D eigenvalue weighted by atomic mass is 35.5. The van der Waals surface area contributed by atoms with Crippen LogP contribution in [-0.2, 0) is 22.5 Å². The number of piperazine rings is 1. The minimum absolute atomic E-state index is 0.167. The molecule has 0 radical (unpaired) electrons. The van der Waals surface area contributed by atoms with Crippen molar-refractivity contribution in [2.75, 3.05) is 37.7 Å². The highest BCUT2D eigenvalue weighted by Crippen LogP contribution is 2.31. The molecule has 1 aromatic heterocycles. The summed E-state index contributed by atoms with van der Waals surface area (Å²) in [6, 6.07) is 12.3. The first-order chi connectivity index (χ1) is 14.5. The van der Waals surface area contributed by atoms with Crippen LogP contribution >= 0.6 is 22.9 Å². The van der Waals surface area contributed by atoms with Crippen LogP contribution in [0.3, 0.4) is 0 Å². The van der Waals surface area contributed by atoms with E-state index in [1.54, 1.807) is 11.3 Å². The van der Waals surface area contributed by atoms with E-state index in [9.17, 15) is 4.79 Å². The number of aryl methyl sites for hydroxylation is 1. The van der Waals surface area contributed by atoms with Gasteiger partial charge in [-0.15, -0.1) is 0 Å². The summed E-state index contributed by atoms with van der Waals surface area (Å²) >= 11 is 7.81. The number of rotatable bonds is 6. The van der Waals surface area contributed by atoms with Gasteiger partial charge in [0.05, 0.1) is 23.2 Å². The number of hydrogen-bond donors (Lipinski definition) is 0. The fraction of sp³-hybridized carbons (Fsp3) is 0.391. The quantitative estimate of drug-likeness (QED) is 0.517. The molecule has 2 heterocycles. The minimum Gasteiger partial charge on any atom is -0.466 e. The van der Waals surface area contributed by atoms with Crippen molar-refractivity contribution in [3.05, 3.63) is 58.1 Å². The molecular weight excluding hydrogens is 418 g/mol. The van der Waals surface area contributed by atoms with E-state index in [0.29, 0.717) is 13.0 Å². The second-order valence-electron chi connectivity index (χ2n) is 7.68. The Bertz CT molecular complexity index is 1040. The number of ether oxygens (including phenoxy) is 1. The molecule has 1 aliphatic heterocycles. The fourth-order valence-corrected chi connectivity index (χ4v) is 5.19. The molecule has 1 fully saturated rings. The standard InChI is InChI=1S/C23H26ClN3O2S/c1-3-29-22(28)13-17-10-16(2)11-18(12-17)15-26-6-8-27(9-7-26)23-25-20-5-4-19(24)14-21(20)30-23/h4-5,10-12,14H,3,6-9,13,15H2,1-2H3. The minimum atomic E-state index is -0.167. The lowest BCUT2D eigenvalue weighted by atomic mass is 10.0. The first kappa shape index (κ1) is 21.1. The maximum atomic E-state index is 11.8. The molecule has 1 aliphatic rings. The molecule has 0 bridgehead atoms. The summed E-state index contributed by atoms with van der Waals surface area (Å²) in [6.45, 7) is 9.10. The molecule has 30 heavy (non-hydrogen) atoms. The third kappa shape index (κ3) is 5.12. The van der Waals surface area contributed by atoms with Gasteiger partial charge in [0, 0.05) is 37.7 Å². The van der Waals surface area contributed by atoms with E-state index in [2.05, 4.69) is 34.9 Å². The molecule has 158 valence electrons. The average molecular weight is 444 g/mol. The molecular formula is C23H26ClN3O2S. The van der Waals surface area contributed by atoms with Crippen LogP contribution in [0, 0.1) is 6.92 Å². The molecule has 0 saturated carbocycles. The maximum absolute atomic E-state index is 11.8. The molecule has 1 saturated heterocycles. The first-order valence-electron chi connectivity index (χ1n) is 10.3.